The average molecular weight is 372 g/mol. The maximum atomic E-state index is 13.0. The fraction of sp³-hybridized carbons (Fsp3) is 0.150. The van der Waals surface area contributed by atoms with Crippen LogP contribution >= 0.6 is 0 Å². The standard InChI is InChI=1S/C20H16N6O2/c1-12-18-16(17(23-28-18)13-6-3-2-4-7-13)11-26(20(12)27)15-9-5-8-14(10-15)19-21-24-25-22-19/h2-10,12H,11H2,1H3,(H,21,22,24,25). The van der Waals surface area contributed by atoms with Crippen LogP contribution in [-0.2, 0) is 11.3 Å². The second-order valence-electron chi connectivity index (χ2n) is 6.69. The molecule has 0 bridgehead atoms. The number of H-pyrrole nitrogens is 1. The molecule has 5 rings (SSSR count). The summed E-state index contributed by atoms with van der Waals surface area (Å²) in [6.45, 7) is 2.24. The topological polar surface area (TPSA) is 101 Å². The monoisotopic (exact) mass is 372 g/mol. The number of aromatic nitrogens is 5. The van der Waals surface area contributed by atoms with Crippen molar-refractivity contribution in [2.45, 2.75) is 19.4 Å². The number of hydrogen-bond donors (Lipinski definition) is 1. The Hall–Kier alpha value is -3.81. The van der Waals surface area contributed by atoms with Gasteiger partial charge in [0.15, 0.2) is 11.6 Å². The molecule has 0 saturated carbocycles. The van der Waals surface area contributed by atoms with Gasteiger partial charge >= 0.3 is 0 Å². The van der Waals surface area contributed by atoms with Crippen molar-refractivity contribution >= 4 is 11.6 Å². The van der Waals surface area contributed by atoms with Crippen LogP contribution < -0.4 is 4.90 Å². The Kier molecular flexibility index (Phi) is 3.75. The number of aromatic amines is 1. The highest BCUT2D eigenvalue weighted by Crippen LogP contribution is 2.38. The highest BCUT2D eigenvalue weighted by molar-refractivity contribution is 6.00. The Morgan fingerprint density at radius 1 is 1.11 bits per heavy atom. The summed E-state index contributed by atoms with van der Waals surface area (Å²) in [4.78, 5) is 14.8. The fourth-order valence-electron chi connectivity index (χ4n) is 3.54. The average Bonchev–Trinajstić information content (AvgIpc) is 3.41. The molecular weight excluding hydrogens is 356 g/mol. The van der Waals surface area contributed by atoms with Gasteiger partial charge in [0.25, 0.3) is 0 Å². The Labute approximate surface area is 160 Å². The largest absolute Gasteiger partial charge is 0.360 e. The second kappa shape index (κ2) is 6.41. The normalized spacial score (nSPS) is 16.2. The van der Waals surface area contributed by atoms with Crippen LogP contribution in [0.15, 0.2) is 59.1 Å². The lowest BCUT2D eigenvalue weighted by molar-refractivity contribution is -0.120. The van der Waals surface area contributed by atoms with Crippen LogP contribution in [0.25, 0.3) is 22.6 Å². The first-order valence-corrected chi connectivity index (χ1v) is 8.92. The number of nitrogens with zero attached hydrogens (tertiary/aromatic N) is 5. The van der Waals surface area contributed by atoms with Crippen LogP contribution in [0, 0.1) is 0 Å². The third-order valence-corrected chi connectivity index (χ3v) is 4.99. The molecule has 1 aliphatic heterocycles. The molecular formula is C20H16N6O2. The van der Waals surface area contributed by atoms with E-state index in [4.69, 9.17) is 4.52 Å². The maximum Gasteiger partial charge on any atom is 0.237 e. The van der Waals surface area contributed by atoms with Gasteiger partial charge in [-0.2, -0.15) is 0 Å². The SMILES string of the molecule is CC1C(=O)N(c2cccc(-c3nnn[nH]3)c2)Cc2c(-c3ccccc3)noc21. The smallest absolute Gasteiger partial charge is 0.237 e. The molecule has 2 aromatic heterocycles. The zero-order chi connectivity index (χ0) is 19.1. The minimum Gasteiger partial charge on any atom is -0.360 e. The molecule has 138 valence electrons. The van der Waals surface area contributed by atoms with Gasteiger partial charge in [0.2, 0.25) is 5.91 Å². The summed E-state index contributed by atoms with van der Waals surface area (Å²) >= 11 is 0. The highest BCUT2D eigenvalue weighted by atomic mass is 16.5. The summed E-state index contributed by atoms with van der Waals surface area (Å²) in [5, 5.41) is 18.2. The molecule has 0 aliphatic carbocycles. The summed E-state index contributed by atoms with van der Waals surface area (Å²) in [5.74, 6) is 0.742. The number of nitrogens with one attached hydrogen (secondary N) is 1. The van der Waals surface area contributed by atoms with Gasteiger partial charge in [0.1, 0.15) is 5.69 Å². The molecule has 8 nitrogen and oxygen atoms in total. The van der Waals surface area contributed by atoms with Gasteiger partial charge in [-0.15, -0.1) is 5.10 Å². The number of fused-ring (bicyclic) bond motifs is 1. The highest BCUT2D eigenvalue weighted by Gasteiger charge is 2.36. The van der Waals surface area contributed by atoms with E-state index in [0.29, 0.717) is 18.1 Å². The predicted molar refractivity (Wildman–Crippen MR) is 101 cm³/mol. The molecule has 1 atom stereocenters. The summed E-state index contributed by atoms with van der Waals surface area (Å²) in [7, 11) is 0. The van der Waals surface area contributed by atoms with Crippen molar-refractivity contribution in [3.8, 4) is 22.6 Å². The van der Waals surface area contributed by atoms with Crippen LogP contribution in [0.3, 0.4) is 0 Å². The lowest BCUT2D eigenvalue weighted by Crippen LogP contribution is -2.38. The van der Waals surface area contributed by atoms with E-state index >= 15 is 0 Å². The number of carbonyl (C=O) groups is 1. The van der Waals surface area contributed by atoms with Crippen LogP contribution in [0.4, 0.5) is 5.69 Å². The predicted octanol–water partition coefficient (Wildman–Crippen LogP) is 3.17. The fourth-order valence-corrected chi connectivity index (χ4v) is 3.54. The summed E-state index contributed by atoms with van der Waals surface area (Å²) < 4.78 is 5.56. The number of rotatable bonds is 3. The van der Waals surface area contributed by atoms with Gasteiger partial charge in [-0.1, -0.05) is 47.6 Å². The van der Waals surface area contributed by atoms with E-state index in [-0.39, 0.29) is 5.91 Å². The first kappa shape index (κ1) is 16.4. The second-order valence-corrected chi connectivity index (χ2v) is 6.69. The first-order chi connectivity index (χ1) is 13.7. The van der Waals surface area contributed by atoms with Gasteiger partial charge in [0.05, 0.1) is 12.5 Å². The molecule has 8 heteroatoms. The number of amides is 1. The third kappa shape index (κ3) is 2.58. The number of hydrogen-bond acceptors (Lipinski definition) is 6. The molecule has 0 radical (unpaired) electrons. The molecule has 28 heavy (non-hydrogen) atoms. The summed E-state index contributed by atoms with van der Waals surface area (Å²) in [6.07, 6.45) is 0. The molecule has 1 unspecified atom stereocenters. The third-order valence-electron chi connectivity index (χ3n) is 4.99. The molecule has 4 aromatic rings. The van der Waals surface area contributed by atoms with Gasteiger partial charge in [-0.25, -0.2) is 5.10 Å². The minimum absolute atomic E-state index is 0.0314. The zero-order valence-electron chi connectivity index (χ0n) is 15.0. The van der Waals surface area contributed by atoms with Crippen molar-refractivity contribution in [1.82, 2.24) is 25.8 Å². The summed E-state index contributed by atoms with van der Waals surface area (Å²) in [6, 6.07) is 17.4. The van der Waals surface area contributed by atoms with E-state index in [1.807, 2.05) is 61.5 Å². The Balaban J connectivity index is 1.56. The van der Waals surface area contributed by atoms with Gasteiger partial charge in [-0.05, 0) is 29.5 Å². The van der Waals surface area contributed by atoms with Crippen LogP contribution in [0.5, 0.6) is 0 Å². The van der Waals surface area contributed by atoms with Crippen molar-refractivity contribution in [3.63, 3.8) is 0 Å². The molecule has 1 N–H and O–H groups in total. The number of benzene rings is 2. The van der Waals surface area contributed by atoms with Gasteiger partial charge < -0.3 is 9.42 Å². The van der Waals surface area contributed by atoms with E-state index in [2.05, 4.69) is 25.8 Å². The van der Waals surface area contributed by atoms with Gasteiger partial charge in [-0.3, -0.25) is 4.79 Å². The van der Waals surface area contributed by atoms with Crippen molar-refractivity contribution in [1.29, 1.82) is 0 Å². The lowest BCUT2D eigenvalue weighted by Gasteiger charge is -2.30. The van der Waals surface area contributed by atoms with Crippen molar-refractivity contribution in [2.75, 3.05) is 4.90 Å². The minimum atomic E-state index is -0.413. The zero-order valence-corrected chi connectivity index (χ0v) is 15.0. The molecule has 0 spiro atoms. The van der Waals surface area contributed by atoms with E-state index in [9.17, 15) is 4.79 Å². The quantitative estimate of drug-likeness (QED) is 0.593. The lowest BCUT2D eigenvalue weighted by atomic mass is 9.94. The Morgan fingerprint density at radius 2 is 1.93 bits per heavy atom. The molecule has 1 aliphatic rings. The molecule has 0 saturated heterocycles. The summed E-state index contributed by atoms with van der Waals surface area (Å²) in [5.41, 5.74) is 4.26. The molecule has 2 aromatic carbocycles. The van der Waals surface area contributed by atoms with Crippen molar-refractivity contribution in [3.05, 3.63) is 65.9 Å². The van der Waals surface area contributed by atoms with E-state index in [1.54, 1.807) is 4.90 Å². The van der Waals surface area contributed by atoms with E-state index < -0.39 is 5.92 Å². The van der Waals surface area contributed by atoms with Crippen LogP contribution in [0.1, 0.15) is 24.2 Å². The van der Waals surface area contributed by atoms with Crippen molar-refractivity contribution in [2.24, 2.45) is 0 Å². The van der Waals surface area contributed by atoms with Gasteiger partial charge in [0, 0.05) is 22.4 Å². The molecule has 1 amide bonds. The molecule has 3 heterocycles. The van der Waals surface area contributed by atoms with E-state index in [0.717, 1.165) is 28.1 Å². The Bertz CT molecular complexity index is 1140. The number of anilines is 1. The maximum absolute atomic E-state index is 13.0. The Morgan fingerprint density at radius 3 is 2.71 bits per heavy atom. The van der Waals surface area contributed by atoms with Crippen LogP contribution in [-0.4, -0.2) is 31.7 Å². The number of carbonyl (C=O) groups excluding carboxylic acids is 1. The van der Waals surface area contributed by atoms with E-state index in [1.165, 1.54) is 0 Å². The first-order valence-electron chi connectivity index (χ1n) is 8.92. The van der Waals surface area contributed by atoms with Crippen LogP contribution in [0.2, 0.25) is 0 Å². The molecule has 0 fully saturated rings. The number of tetrazole rings is 1. The van der Waals surface area contributed by atoms with Crippen molar-refractivity contribution < 1.29 is 9.32 Å².